The van der Waals surface area contributed by atoms with Gasteiger partial charge < -0.3 is 5.43 Å². The minimum atomic E-state index is 0.679. The number of nitrogens with one attached hydrogen (secondary N) is 1. The van der Waals surface area contributed by atoms with E-state index in [1.165, 1.54) is 10.8 Å². The third-order valence-electron chi connectivity index (χ3n) is 3.31. The molecule has 0 aliphatic rings. The van der Waals surface area contributed by atoms with Crippen molar-refractivity contribution in [3.05, 3.63) is 82.9 Å². The van der Waals surface area contributed by atoms with E-state index in [2.05, 4.69) is 34.8 Å². The van der Waals surface area contributed by atoms with Gasteiger partial charge in [0.2, 0.25) is 0 Å². The van der Waals surface area contributed by atoms with Gasteiger partial charge in [-0.15, -0.1) is 0 Å². The molecular weight excluding hydrogens is 280 g/mol. The van der Waals surface area contributed by atoms with E-state index in [0.29, 0.717) is 6.54 Å². The molecule has 3 heteroatoms. The Labute approximate surface area is 129 Å². The summed E-state index contributed by atoms with van der Waals surface area (Å²) >= 11 is 5.86. The first-order valence-electron chi connectivity index (χ1n) is 6.81. The predicted octanol–water partition coefficient (Wildman–Crippen LogP) is 4.62. The van der Waals surface area contributed by atoms with Crippen LogP contribution in [-0.4, -0.2) is 6.21 Å². The van der Waals surface area contributed by atoms with E-state index in [4.69, 9.17) is 11.6 Å². The summed E-state index contributed by atoms with van der Waals surface area (Å²) in [5.74, 6) is 0. The second-order valence-electron chi connectivity index (χ2n) is 4.79. The van der Waals surface area contributed by atoms with Gasteiger partial charge in [0.05, 0.1) is 12.8 Å². The molecule has 0 saturated carbocycles. The monoisotopic (exact) mass is 294 g/mol. The lowest BCUT2D eigenvalue weighted by molar-refractivity contribution is 0.748. The van der Waals surface area contributed by atoms with E-state index in [-0.39, 0.29) is 0 Å². The predicted molar refractivity (Wildman–Crippen MR) is 89.8 cm³/mol. The SMILES string of the molecule is Clc1ccc(CN/N=C\c2cccc3ccccc23)cc1. The molecule has 0 radical (unpaired) electrons. The second-order valence-corrected chi connectivity index (χ2v) is 5.22. The Morgan fingerprint density at radius 1 is 0.905 bits per heavy atom. The zero-order valence-corrected chi connectivity index (χ0v) is 12.2. The van der Waals surface area contributed by atoms with Gasteiger partial charge in [-0.3, -0.25) is 0 Å². The largest absolute Gasteiger partial charge is 0.306 e. The first-order valence-corrected chi connectivity index (χ1v) is 7.19. The zero-order valence-electron chi connectivity index (χ0n) is 11.5. The van der Waals surface area contributed by atoms with Gasteiger partial charge in [-0.05, 0) is 28.5 Å². The molecule has 104 valence electrons. The lowest BCUT2D eigenvalue weighted by Crippen LogP contribution is -2.05. The van der Waals surface area contributed by atoms with Crippen molar-refractivity contribution in [2.24, 2.45) is 5.10 Å². The van der Waals surface area contributed by atoms with E-state index >= 15 is 0 Å². The van der Waals surface area contributed by atoms with Crippen molar-refractivity contribution < 1.29 is 0 Å². The third kappa shape index (κ3) is 3.41. The Hall–Kier alpha value is -2.32. The highest BCUT2D eigenvalue weighted by Crippen LogP contribution is 2.16. The van der Waals surface area contributed by atoms with Crippen LogP contribution in [-0.2, 0) is 6.54 Å². The van der Waals surface area contributed by atoms with Crippen LogP contribution in [0.15, 0.2) is 71.8 Å². The molecule has 0 bridgehead atoms. The van der Waals surface area contributed by atoms with Gasteiger partial charge in [0.1, 0.15) is 0 Å². The number of hydrogen-bond donors (Lipinski definition) is 1. The summed E-state index contributed by atoms with van der Waals surface area (Å²) in [6.07, 6.45) is 1.86. The molecule has 1 N–H and O–H groups in total. The average molecular weight is 295 g/mol. The van der Waals surface area contributed by atoms with Crippen LogP contribution in [0.5, 0.6) is 0 Å². The number of nitrogens with zero attached hydrogens (tertiary/aromatic N) is 1. The Morgan fingerprint density at radius 2 is 1.67 bits per heavy atom. The highest BCUT2D eigenvalue weighted by atomic mass is 35.5. The summed E-state index contributed by atoms with van der Waals surface area (Å²) in [6.45, 7) is 0.679. The molecule has 0 unspecified atom stereocenters. The van der Waals surface area contributed by atoms with Gasteiger partial charge in [-0.25, -0.2) is 0 Å². The molecule has 0 aromatic heterocycles. The Bertz CT molecular complexity index is 758. The van der Waals surface area contributed by atoms with E-state index < -0.39 is 0 Å². The first kappa shape index (κ1) is 13.7. The Kier molecular flexibility index (Phi) is 4.17. The minimum Gasteiger partial charge on any atom is -0.306 e. The quantitative estimate of drug-likeness (QED) is 0.551. The van der Waals surface area contributed by atoms with Crippen LogP contribution in [0.4, 0.5) is 0 Å². The fraction of sp³-hybridized carbons (Fsp3) is 0.0556. The normalized spacial score (nSPS) is 11.1. The van der Waals surface area contributed by atoms with Gasteiger partial charge >= 0.3 is 0 Å². The fourth-order valence-electron chi connectivity index (χ4n) is 2.22. The standard InChI is InChI=1S/C18H15ClN2/c19-17-10-8-14(9-11-17)12-20-21-13-16-6-3-5-15-4-1-2-7-18(15)16/h1-11,13,20H,12H2/b21-13-. The van der Waals surface area contributed by atoms with Crippen molar-refractivity contribution in [3.63, 3.8) is 0 Å². The number of hydrazone groups is 1. The number of fused-ring (bicyclic) bond motifs is 1. The average Bonchev–Trinajstić information content (AvgIpc) is 2.53. The van der Waals surface area contributed by atoms with Crippen LogP contribution in [0.2, 0.25) is 5.02 Å². The van der Waals surface area contributed by atoms with Crippen molar-refractivity contribution in [2.75, 3.05) is 0 Å². The van der Waals surface area contributed by atoms with Crippen molar-refractivity contribution >= 4 is 28.6 Å². The van der Waals surface area contributed by atoms with Crippen molar-refractivity contribution in [3.8, 4) is 0 Å². The summed E-state index contributed by atoms with van der Waals surface area (Å²) in [5.41, 5.74) is 5.32. The number of rotatable bonds is 4. The van der Waals surface area contributed by atoms with Crippen LogP contribution in [0.3, 0.4) is 0 Å². The summed E-state index contributed by atoms with van der Waals surface area (Å²) in [5, 5.41) is 7.48. The summed E-state index contributed by atoms with van der Waals surface area (Å²) in [7, 11) is 0. The summed E-state index contributed by atoms with van der Waals surface area (Å²) in [4.78, 5) is 0. The number of benzene rings is 3. The van der Waals surface area contributed by atoms with Gasteiger partial charge in [0.25, 0.3) is 0 Å². The van der Waals surface area contributed by atoms with Crippen molar-refractivity contribution in [2.45, 2.75) is 6.54 Å². The topological polar surface area (TPSA) is 24.4 Å². The first-order chi connectivity index (χ1) is 10.3. The highest BCUT2D eigenvalue weighted by molar-refractivity contribution is 6.30. The lowest BCUT2D eigenvalue weighted by Gasteiger charge is -2.03. The Morgan fingerprint density at radius 3 is 2.52 bits per heavy atom. The fourth-order valence-corrected chi connectivity index (χ4v) is 2.34. The molecule has 0 amide bonds. The summed E-state index contributed by atoms with van der Waals surface area (Å²) in [6, 6.07) is 22.3. The van der Waals surface area contributed by atoms with E-state index in [1.807, 2.05) is 48.7 Å². The zero-order chi connectivity index (χ0) is 14.5. The van der Waals surface area contributed by atoms with E-state index in [1.54, 1.807) is 0 Å². The van der Waals surface area contributed by atoms with E-state index in [9.17, 15) is 0 Å². The second kappa shape index (κ2) is 6.42. The molecule has 0 heterocycles. The van der Waals surface area contributed by atoms with Crippen LogP contribution < -0.4 is 5.43 Å². The molecule has 0 aliphatic carbocycles. The summed E-state index contributed by atoms with van der Waals surface area (Å²) < 4.78 is 0. The molecule has 21 heavy (non-hydrogen) atoms. The maximum absolute atomic E-state index is 5.86. The van der Waals surface area contributed by atoms with Gasteiger partial charge in [0, 0.05) is 10.6 Å². The molecule has 0 aliphatic heterocycles. The van der Waals surface area contributed by atoms with Gasteiger partial charge in [-0.2, -0.15) is 5.10 Å². The maximum atomic E-state index is 5.86. The van der Waals surface area contributed by atoms with Crippen molar-refractivity contribution in [1.82, 2.24) is 5.43 Å². The van der Waals surface area contributed by atoms with Crippen LogP contribution in [0.25, 0.3) is 10.8 Å². The molecule has 3 rings (SSSR count). The smallest absolute Gasteiger partial charge is 0.0580 e. The van der Waals surface area contributed by atoms with Gasteiger partial charge in [-0.1, -0.05) is 66.2 Å². The molecule has 2 nitrogen and oxygen atoms in total. The lowest BCUT2D eigenvalue weighted by atomic mass is 10.1. The molecule has 0 atom stereocenters. The van der Waals surface area contributed by atoms with Crippen molar-refractivity contribution in [1.29, 1.82) is 0 Å². The van der Waals surface area contributed by atoms with Crippen LogP contribution in [0.1, 0.15) is 11.1 Å². The number of halogens is 1. The molecule has 0 spiro atoms. The van der Waals surface area contributed by atoms with Crippen LogP contribution >= 0.6 is 11.6 Å². The molecule has 3 aromatic carbocycles. The van der Waals surface area contributed by atoms with Gasteiger partial charge in [0.15, 0.2) is 0 Å². The highest BCUT2D eigenvalue weighted by Gasteiger charge is 1.96. The minimum absolute atomic E-state index is 0.679. The third-order valence-corrected chi connectivity index (χ3v) is 3.57. The van der Waals surface area contributed by atoms with E-state index in [0.717, 1.165) is 16.1 Å². The molecule has 0 fully saturated rings. The van der Waals surface area contributed by atoms with Crippen LogP contribution in [0, 0.1) is 0 Å². The molecule has 0 saturated heterocycles. The molecule has 3 aromatic rings. The maximum Gasteiger partial charge on any atom is 0.0580 e. The Balaban J connectivity index is 1.69. The number of hydrogen-bond acceptors (Lipinski definition) is 2. The molecular formula is C18H15ClN2.